The Labute approximate surface area is 160 Å². The number of benzene rings is 1. The van der Waals surface area contributed by atoms with Gasteiger partial charge in [0, 0.05) is 11.9 Å². The second kappa shape index (κ2) is 7.19. The molecule has 8 heteroatoms. The number of methoxy groups -OCH3 is 1. The van der Waals surface area contributed by atoms with E-state index in [1.165, 1.54) is 13.3 Å². The van der Waals surface area contributed by atoms with Crippen LogP contribution in [0.3, 0.4) is 0 Å². The fraction of sp³-hybridized carbons (Fsp3) is 0.278. The van der Waals surface area contributed by atoms with Gasteiger partial charge in [-0.05, 0) is 30.2 Å². The first-order chi connectivity index (χ1) is 12.6. The molecule has 1 aromatic carbocycles. The molecule has 0 bridgehead atoms. The Bertz CT molecular complexity index is 943. The predicted molar refractivity (Wildman–Crippen MR) is 103 cm³/mol. The molecule has 0 amide bonds. The van der Waals surface area contributed by atoms with Gasteiger partial charge < -0.3 is 14.8 Å². The molecular formula is C18H17ClN4O2S. The van der Waals surface area contributed by atoms with Crippen LogP contribution in [0.4, 0.5) is 11.6 Å². The molecule has 3 aromatic rings. The van der Waals surface area contributed by atoms with Gasteiger partial charge in [-0.15, -0.1) is 11.3 Å². The number of nitrogens with one attached hydrogen (secondary N) is 1. The molecule has 26 heavy (non-hydrogen) atoms. The molecule has 4 rings (SSSR count). The highest BCUT2D eigenvalue weighted by Crippen LogP contribution is 2.35. The second-order valence-corrected chi connectivity index (χ2v) is 7.53. The van der Waals surface area contributed by atoms with Gasteiger partial charge in [0.15, 0.2) is 0 Å². The number of rotatable bonds is 5. The Kier molecular flexibility index (Phi) is 4.76. The summed E-state index contributed by atoms with van der Waals surface area (Å²) in [4.78, 5) is 14.2. The molecule has 3 heterocycles. The summed E-state index contributed by atoms with van der Waals surface area (Å²) < 4.78 is 10.4. The zero-order chi connectivity index (χ0) is 18.1. The van der Waals surface area contributed by atoms with Crippen molar-refractivity contribution in [3.63, 3.8) is 0 Å². The topological polar surface area (TPSA) is 69.2 Å². The third kappa shape index (κ3) is 3.51. The molecule has 6 nitrogen and oxygen atoms in total. The van der Waals surface area contributed by atoms with Crippen molar-refractivity contribution in [1.82, 2.24) is 15.0 Å². The van der Waals surface area contributed by atoms with Crippen molar-refractivity contribution in [3.8, 4) is 16.3 Å². The SMILES string of the molecule is COc1nc(Nc2cc(C)cc(-c3cnc(C4COC4)s3)c2)ncc1Cl. The van der Waals surface area contributed by atoms with Crippen molar-refractivity contribution in [2.24, 2.45) is 0 Å². The number of halogens is 1. The number of hydrogen-bond acceptors (Lipinski definition) is 7. The lowest BCUT2D eigenvalue weighted by atomic mass is 10.1. The fourth-order valence-corrected chi connectivity index (χ4v) is 3.81. The van der Waals surface area contributed by atoms with Crippen LogP contribution >= 0.6 is 22.9 Å². The van der Waals surface area contributed by atoms with Crippen LogP contribution in [0.15, 0.2) is 30.6 Å². The normalized spacial score (nSPS) is 14.1. The zero-order valence-electron chi connectivity index (χ0n) is 14.3. The Hall–Kier alpha value is -2.22. The van der Waals surface area contributed by atoms with E-state index in [0.717, 1.165) is 39.9 Å². The third-order valence-corrected chi connectivity index (χ3v) is 5.50. The fourth-order valence-electron chi connectivity index (χ4n) is 2.67. The summed E-state index contributed by atoms with van der Waals surface area (Å²) >= 11 is 7.70. The number of thiazole rings is 1. The molecule has 0 aliphatic carbocycles. The summed E-state index contributed by atoms with van der Waals surface area (Å²) in [5.74, 6) is 1.21. The van der Waals surface area contributed by atoms with Gasteiger partial charge in [0.2, 0.25) is 11.8 Å². The van der Waals surface area contributed by atoms with Crippen LogP contribution in [0.25, 0.3) is 10.4 Å². The highest BCUT2D eigenvalue weighted by atomic mass is 35.5. The van der Waals surface area contributed by atoms with E-state index in [1.807, 2.05) is 12.3 Å². The highest BCUT2D eigenvalue weighted by molar-refractivity contribution is 7.15. The summed E-state index contributed by atoms with van der Waals surface area (Å²) in [5, 5.41) is 4.72. The minimum atomic E-state index is 0.340. The molecule has 1 saturated heterocycles. The van der Waals surface area contributed by atoms with Crippen LogP contribution in [0, 0.1) is 6.92 Å². The molecule has 1 N–H and O–H groups in total. The first kappa shape index (κ1) is 17.2. The molecule has 1 aliphatic heterocycles. The zero-order valence-corrected chi connectivity index (χ0v) is 15.9. The smallest absolute Gasteiger partial charge is 0.237 e. The summed E-state index contributed by atoms with van der Waals surface area (Å²) in [5.41, 5.74) is 3.14. The van der Waals surface area contributed by atoms with E-state index in [0.29, 0.717) is 22.8 Å². The average Bonchev–Trinajstić information content (AvgIpc) is 3.04. The minimum absolute atomic E-state index is 0.340. The minimum Gasteiger partial charge on any atom is -0.480 e. The molecule has 134 valence electrons. The van der Waals surface area contributed by atoms with Gasteiger partial charge in [-0.3, -0.25) is 0 Å². The van der Waals surface area contributed by atoms with Crippen molar-refractivity contribution in [2.45, 2.75) is 12.8 Å². The Morgan fingerprint density at radius 3 is 2.81 bits per heavy atom. The molecular weight excluding hydrogens is 372 g/mol. The number of hydrogen-bond donors (Lipinski definition) is 1. The van der Waals surface area contributed by atoms with Gasteiger partial charge in [0.25, 0.3) is 0 Å². The van der Waals surface area contributed by atoms with Gasteiger partial charge >= 0.3 is 0 Å². The molecule has 0 spiro atoms. The van der Waals surface area contributed by atoms with Crippen molar-refractivity contribution in [2.75, 3.05) is 25.6 Å². The molecule has 0 unspecified atom stereocenters. The van der Waals surface area contributed by atoms with Crippen molar-refractivity contribution in [1.29, 1.82) is 0 Å². The number of aromatic nitrogens is 3. The predicted octanol–water partition coefficient (Wildman–Crippen LogP) is 4.43. The molecule has 1 aliphatic rings. The van der Waals surface area contributed by atoms with Crippen molar-refractivity contribution in [3.05, 3.63) is 46.2 Å². The number of aryl methyl sites for hydroxylation is 1. The maximum atomic E-state index is 5.98. The van der Waals surface area contributed by atoms with Crippen LogP contribution in [-0.4, -0.2) is 35.3 Å². The van der Waals surface area contributed by atoms with E-state index in [2.05, 4.69) is 39.3 Å². The van der Waals surface area contributed by atoms with Crippen LogP contribution in [0.1, 0.15) is 16.5 Å². The van der Waals surface area contributed by atoms with E-state index in [4.69, 9.17) is 21.1 Å². The summed E-state index contributed by atoms with van der Waals surface area (Å²) in [6.45, 7) is 3.59. The maximum Gasteiger partial charge on any atom is 0.237 e. The first-order valence-electron chi connectivity index (χ1n) is 8.11. The van der Waals surface area contributed by atoms with E-state index < -0.39 is 0 Å². The number of anilines is 2. The largest absolute Gasteiger partial charge is 0.480 e. The van der Waals surface area contributed by atoms with Gasteiger partial charge in [0.1, 0.15) is 10.0 Å². The summed E-state index contributed by atoms with van der Waals surface area (Å²) in [7, 11) is 1.53. The van der Waals surface area contributed by atoms with Crippen LogP contribution in [-0.2, 0) is 4.74 Å². The molecule has 0 radical (unpaired) electrons. The number of ether oxygens (including phenoxy) is 2. The molecule has 0 saturated carbocycles. The van der Waals surface area contributed by atoms with E-state index in [9.17, 15) is 0 Å². The summed E-state index contributed by atoms with van der Waals surface area (Å²) in [6, 6.07) is 6.24. The van der Waals surface area contributed by atoms with Gasteiger partial charge in [-0.1, -0.05) is 17.7 Å². The number of nitrogens with zero attached hydrogens (tertiary/aromatic N) is 3. The van der Waals surface area contributed by atoms with Gasteiger partial charge in [-0.25, -0.2) is 9.97 Å². The van der Waals surface area contributed by atoms with E-state index in [1.54, 1.807) is 11.3 Å². The monoisotopic (exact) mass is 388 g/mol. The quantitative estimate of drug-likeness (QED) is 0.697. The summed E-state index contributed by atoms with van der Waals surface area (Å²) in [6.07, 6.45) is 3.45. The lowest BCUT2D eigenvalue weighted by Gasteiger charge is -2.23. The average molecular weight is 389 g/mol. The Morgan fingerprint density at radius 2 is 2.08 bits per heavy atom. The highest BCUT2D eigenvalue weighted by Gasteiger charge is 2.24. The molecule has 2 aromatic heterocycles. The van der Waals surface area contributed by atoms with Crippen LogP contribution in [0.5, 0.6) is 5.88 Å². The molecule has 1 fully saturated rings. The Morgan fingerprint density at radius 1 is 1.23 bits per heavy atom. The lowest BCUT2D eigenvalue weighted by molar-refractivity contribution is 0.00834. The van der Waals surface area contributed by atoms with Gasteiger partial charge in [0.05, 0.1) is 37.3 Å². The maximum absolute atomic E-state index is 5.98. The van der Waals surface area contributed by atoms with Gasteiger partial charge in [-0.2, -0.15) is 4.98 Å². The third-order valence-electron chi connectivity index (χ3n) is 4.03. The lowest BCUT2D eigenvalue weighted by Crippen LogP contribution is -2.24. The molecule has 0 atom stereocenters. The van der Waals surface area contributed by atoms with Crippen molar-refractivity contribution >= 4 is 34.6 Å². The van der Waals surface area contributed by atoms with Crippen molar-refractivity contribution < 1.29 is 9.47 Å². The van der Waals surface area contributed by atoms with Crippen LogP contribution < -0.4 is 10.1 Å². The van der Waals surface area contributed by atoms with E-state index in [-0.39, 0.29) is 0 Å². The standard InChI is InChI=1S/C18H17ClN4O2S/c1-10-3-11(15-7-20-17(26-15)12-8-25-9-12)5-13(4-10)22-18-21-6-14(19)16(23-18)24-2/h3-7,12H,8-9H2,1-2H3,(H,21,22,23). The van der Waals surface area contributed by atoms with Crippen LogP contribution in [0.2, 0.25) is 5.02 Å². The Balaban J connectivity index is 1.60. The second-order valence-electron chi connectivity index (χ2n) is 6.06. The van der Waals surface area contributed by atoms with E-state index >= 15 is 0 Å². The first-order valence-corrected chi connectivity index (χ1v) is 9.31.